The van der Waals surface area contributed by atoms with E-state index >= 15 is 0 Å². The van der Waals surface area contributed by atoms with Crippen LogP contribution in [-0.4, -0.2) is 77.5 Å². The van der Waals surface area contributed by atoms with Crippen molar-refractivity contribution in [3.63, 3.8) is 0 Å². The largest absolute Gasteiger partial charge is 0.379 e. The monoisotopic (exact) mass is 290 g/mol. The molecule has 1 aliphatic rings. The fourth-order valence-corrected chi connectivity index (χ4v) is 1.79. The molecule has 1 N–H and O–H groups in total. The summed E-state index contributed by atoms with van der Waals surface area (Å²) < 4.78 is 21.6. The predicted octanol–water partition coefficient (Wildman–Crippen LogP) is 0.673. The minimum absolute atomic E-state index is 0.634. The van der Waals surface area contributed by atoms with Gasteiger partial charge in [0.05, 0.1) is 46.2 Å². The third kappa shape index (κ3) is 10.5. The average Bonchev–Trinajstić information content (AvgIpc) is 2.49. The van der Waals surface area contributed by atoms with Crippen molar-refractivity contribution in [1.29, 1.82) is 0 Å². The number of hydrazine groups is 1. The molecule has 0 aromatic carbocycles. The van der Waals surface area contributed by atoms with Crippen molar-refractivity contribution in [3.05, 3.63) is 0 Å². The second kappa shape index (κ2) is 13.7. The first-order valence-electron chi connectivity index (χ1n) is 7.73. The Morgan fingerprint density at radius 2 is 1.50 bits per heavy atom. The second-order valence-corrected chi connectivity index (χ2v) is 4.70. The zero-order valence-electron chi connectivity index (χ0n) is 12.8. The number of hydrogen-bond donors (Lipinski definition) is 1. The highest BCUT2D eigenvalue weighted by Crippen LogP contribution is 1.91. The van der Waals surface area contributed by atoms with Gasteiger partial charge in [-0.25, -0.2) is 5.01 Å². The van der Waals surface area contributed by atoms with E-state index in [0.29, 0.717) is 33.0 Å². The van der Waals surface area contributed by atoms with Crippen molar-refractivity contribution >= 4 is 0 Å². The van der Waals surface area contributed by atoms with Gasteiger partial charge in [0.25, 0.3) is 0 Å². The second-order valence-electron chi connectivity index (χ2n) is 4.70. The summed E-state index contributed by atoms with van der Waals surface area (Å²) in [5.74, 6) is 0. The van der Waals surface area contributed by atoms with Crippen molar-refractivity contribution in [2.24, 2.45) is 0 Å². The molecule has 0 aromatic heterocycles. The summed E-state index contributed by atoms with van der Waals surface area (Å²) in [7, 11) is 0. The summed E-state index contributed by atoms with van der Waals surface area (Å²) in [4.78, 5) is 0. The van der Waals surface area contributed by atoms with E-state index in [-0.39, 0.29) is 0 Å². The van der Waals surface area contributed by atoms with Crippen molar-refractivity contribution < 1.29 is 18.9 Å². The number of rotatable bonds is 13. The molecule has 120 valence electrons. The lowest BCUT2D eigenvalue weighted by molar-refractivity contribution is -0.00358. The molecule has 6 nitrogen and oxygen atoms in total. The topological polar surface area (TPSA) is 52.2 Å². The van der Waals surface area contributed by atoms with Gasteiger partial charge in [-0.1, -0.05) is 13.3 Å². The highest BCUT2D eigenvalue weighted by Gasteiger charge is 2.08. The lowest BCUT2D eigenvalue weighted by Gasteiger charge is -2.27. The van der Waals surface area contributed by atoms with E-state index in [9.17, 15) is 0 Å². The molecule has 0 amide bonds. The number of ether oxygens (including phenoxy) is 4. The van der Waals surface area contributed by atoms with Crippen molar-refractivity contribution in [1.82, 2.24) is 10.4 Å². The molecule has 1 aliphatic heterocycles. The van der Waals surface area contributed by atoms with Crippen LogP contribution in [0.3, 0.4) is 0 Å². The quantitative estimate of drug-likeness (QED) is 0.503. The first kappa shape index (κ1) is 17.8. The molecular weight excluding hydrogens is 260 g/mol. The maximum Gasteiger partial charge on any atom is 0.0701 e. The van der Waals surface area contributed by atoms with Gasteiger partial charge in [0.15, 0.2) is 0 Å². The molecule has 1 saturated heterocycles. The zero-order valence-corrected chi connectivity index (χ0v) is 12.8. The maximum absolute atomic E-state index is 5.48. The molecule has 0 saturated carbocycles. The molecule has 0 radical (unpaired) electrons. The van der Waals surface area contributed by atoms with Crippen LogP contribution in [0.2, 0.25) is 0 Å². The Bertz CT molecular complexity index is 202. The van der Waals surface area contributed by atoms with E-state index in [2.05, 4.69) is 17.4 Å². The lowest BCUT2D eigenvalue weighted by atomic mass is 10.4. The van der Waals surface area contributed by atoms with Gasteiger partial charge in [0.2, 0.25) is 0 Å². The van der Waals surface area contributed by atoms with Gasteiger partial charge in [0, 0.05) is 26.2 Å². The van der Waals surface area contributed by atoms with E-state index in [4.69, 9.17) is 18.9 Å². The Balaban J connectivity index is 1.70. The molecule has 0 atom stereocenters. The first-order valence-corrected chi connectivity index (χ1v) is 7.73. The van der Waals surface area contributed by atoms with Crippen LogP contribution in [0.5, 0.6) is 0 Å². The van der Waals surface area contributed by atoms with Crippen LogP contribution in [0, 0.1) is 0 Å². The van der Waals surface area contributed by atoms with Gasteiger partial charge in [0.1, 0.15) is 0 Å². The van der Waals surface area contributed by atoms with E-state index in [1.807, 2.05) is 0 Å². The molecule has 0 aromatic rings. The van der Waals surface area contributed by atoms with Crippen molar-refractivity contribution in [3.8, 4) is 0 Å². The number of unbranched alkanes of at least 4 members (excludes halogenated alkanes) is 1. The van der Waals surface area contributed by atoms with E-state index in [1.54, 1.807) is 0 Å². The predicted molar refractivity (Wildman–Crippen MR) is 77.8 cm³/mol. The summed E-state index contributed by atoms with van der Waals surface area (Å²) in [6.45, 7) is 10.6. The molecule has 0 aliphatic carbocycles. The van der Waals surface area contributed by atoms with Gasteiger partial charge in [-0.15, -0.1) is 0 Å². The Morgan fingerprint density at radius 1 is 0.900 bits per heavy atom. The van der Waals surface area contributed by atoms with Crippen LogP contribution >= 0.6 is 0 Å². The molecular formula is C14H30N2O4. The Hall–Kier alpha value is -0.240. The highest BCUT2D eigenvalue weighted by atomic mass is 16.5. The van der Waals surface area contributed by atoms with Gasteiger partial charge in [-0.3, -0.25) is 5.43 Å². The third-order valence-electron chi connectivity index (χ3n) is 2.98. The van der Waals surface area contributed by atoms with E-state index in [1.165, 1.54) is 6.42 Å². The molecule has 0 spiro atoms. The minimum atomic E-state index is 0.634. The number of morpholine rings is 1. The van der Waals surface area contributed by atoms with E-state index < -0.39 is 0 Å². The van der Waals surface area contributed by atoms with Gasteiger partial charge >= 0.3 is 0 Å². The molecule has 6 heteroatoms. The SMILES string of the molecule is CCCCOCCOCCOCCNN1CCOCC1. The zero-order chi connectivity index (χ0) is 14.3. The van der Waals surface area contributed by atoms with Crippen molar-refractivity contribution in [2.45, 2.75) is 19.8 Å². The Labute approximate surface area is 122 Å². The average molecular weight is 290 g/mol. The Kier molecular flexibility index (Phi) is 12.2. The van der Waals surface area contributed by atoms with Gasteiger partial charge in [-0.05, 0) is 6.42 Å². The third-order valence-corrected chi connectivity index (χ3v) is 2.98. The molecule has 0 unspecified atom stereocenters. The highest BCUT2D eigenvalue weighted by molar-refractivity contribution is 4.56. The van der Waals surface area contributed by atoms with Gasteiger partial charge in [-0.2, -0.15) is 0 Å². The summed E-state index contributed by atoms with van der Waals surface area (Å²) >= 11 is 0. The van der Waals surface area contributed by atoms with Crippen LogP contribution in [0.4, 0.5) is 0 Å². The summed E-state index contributed by atoms with van der Waals surface area (Å²) in [5, 5.41) is 2.18. The lowest BCUT2D eigenvalue weighted by Crippen LogP contribution is -2.46. The van der Waals surface area contributed by atoms with Crippen LogP contribution < -0.4 is 5.43 Å². The minimum Gasteiger partial charge on any atom is -0.379 e. The van der Waals surface area contributed by atoms with Crippen LogP contribution in [0.1, 0.15) is 19.8 Å². The number of nitrogens with one attached hydrogen (secondary N) is 1. The van der Waals surface area contributed by atoms with Gasteiger partial charge < -0.3 is 18.9 Å². The van der Waals surface area contributed by atoms with E-state index in [0.717, 1.165) is 45.9 Å². The fourth-order valence-electron chi connectivity index (χ4n) is 1.79. The summed E-state index contributed by atoms with van der Waals surface area (Å²) in [5.41, 5.74) is 3.32. The number of hydrogen-bond acceptors (Lipinski definition) is 6. The van der Waals surface area contributed by atoms with Crippen LogP contribution in [-0.2, 0) is 18.9 Å². The first-order chi connectivity index (χ1) is 9.93. The molecule has 1 heterocycles. The van der Waals surface area contributed by atoms with Crippen molar-refractivity contribution in [2.75, 3.05) is 72.5 Å². The smallest absolute Gasteiger partial charge is 0.0701 e. The molecule has 20 heavy (non-hydrogen) atoms. The molecule has 1 rings (SSSR count). The molecule has 0 bridgehead atoms. The fraction of sp³-hybridized carbons (Fsp3) is 1.00. The normalized spacial score (nSPS) is 16.6. The summed E-state index contributed by atoms with van der Waals surface area (Å²) in [6.07, 6.45) is 2.30. The standard InChI is InChI=1S/C14H30N2O4/c1-2-3-7-17-11-13-20-14-12-18-8-4-15-16-5-9-19-10-6-16/h15H,2-14H2,1H3. The van der Waals surface area contributed by atoms with Crippen LogP contribution in [0.25, 0.3) is 0 Å². The molecule has 1 fully saturated rings. The van der Waals surface area contributed by atoms with Crippen LogP contribution in [0.15, 0.2) is 0 Å². The maximum atomic E-state index is 5.48. The summed E-state index contributed by atoms with van der Waals surface area (Å²) in [6, 6.07) is 0. The Morgan fingerprint density at radius 3 is 2.15 bits per heavy atom. The number of nitrogens with zero attached hydrogens (tertiary/aromatic N) is 1.